The molecule has 0 amide bonds. The topological polar surface area (TPSA) is 49.6 Å². The molecule has 7 heteroatoms. The second-order valence-electron chi connectivity index (χ2n) is 9.27. The fourth-order valence-corrected chi connectivity index (χ4v) is 5.38. The molecule has 1 spiro atoms. The number of hydrogen-bond acceptors (Lipinski definition) is 5. The van der Waals surface area contributed by atoms with Crippen LogP contribution in [0.1, 0.15) is 18.4 Å². The van der Waals surface area contributed by atoms with Crippen LogP contribution in [0.4, 0.5) is 10.1 Å². The Balaban J connectivity index is 1.34. The van der Waals surface area contributed by atoms with Gasteiger partial charge in [0.05, 0.1) is 29.8 Å². The van der Waals surface area contributed by atoms with E-state index >= 15 is 0 Å². The summed E-state index contributed by atoms with van der Waals surface area (Å²) in [6, 6.07) is 5.30. The maximum absolute atomic E-state index is 14.0. The molecule has 2 aliphatic rings. The molecule has 0 radical (unpaired) electrons. The maximum atomic E-state index is 14.0. The van der Waals surface area contributed by atoms with E-state index in [1.165, 1.54) is 32.0 Å². The van der Waals surface area contributed by atoms with Crippen molar-refractivity contribution in [2.24, 2.45) is 5.41 Å². The third kappa shape index (κ3) is 2.98. The Hall–Kier alpha value is -3.06. The number of rotatable bonds is 2. The number of fused-ring (bicyclic) bond motifs is 2. The highest BCUT2D eigenvalue weighted by atomic mass is 19.1. The smallest absolute Gasteiger partial charge is 0.162 e. The van der Waals surface area contributed by atoms with Crippen molar-refractivity contribution >= 4 is 22.2 Å². The zero-order valence-corrected chi connectivity index (χ0v) is 17.8. The number of benzene rings is 1. The quantitative estimate of drug-likeness (QED) is 0.496. The summed E-state index contributed by atoms with van der Waals surface area (Å²) < 4.78 is 15.9. The molecule has 0 aliphatic carbocycles. The number of hydrogen-bond donors (Lipinski definition) is 0. The van der Waals surface area contributed by atoms with Crippen LogP contribution in [0.5, 0.6) is 0 Å². The summed E-state index contributed by atoms with van der Waals surface area (Å²) in [5.41, 5.74) is 5.59. The summed E-state index contributed by atoms with van der Waals surface area (Å²) in [5, 5.41) is 5.50. The minimum atomic E-state index is -0.239. The van der Waals surface area contributed by atoms with Crippen molar-refractivity contribution < 1.29 is 4.39 Å². The van der Waals surface area contributed by atoms with E-state index in [1.807, 2.05) is 29.0 Å². The molecule has 6 rings (SSSR count). The molecule has 0 N–H and O–H groups in total. The first kappa shape index (κ1) is 18.7. The van der Waals surface area contributed by atoms with Gasteiger partial charge in [0.1, 0.15) is 5.82 Å². The van der Waals surface area contributed by atoms with E-state index in [2.05, 4.69) is 33.1 Å². The predicted octanol–water partition coefficient (Wildman–Crippen LogP) is 3.92. The molecule has 2 fully saturated rings. The Labute approximate surface area is 180 Å². The van der Waals surface area contributed by atoms with E-state index < -0.39 is 0 Å². The summed E-state index contributed by atoms with van der Waals surface area (Å²) in [7, 11) is 2.20. The van der Waals surface area contributed by atoms with Gasteiger partial charge in [-0.2, -0.15) is 5.10 Å². The number of pyridine rings is 1. The molecule has 4 aromatic rings. The average Bonchev–Trinajstić information content (AvgIpc) is 3.17. The lowest BCUT2D eigenvalue weighted by atomic mass is 9.72. The van der Waals surface area contributed by atoms with Gasteiger partial charge in [-0.05, 0) is 55.5 Å². The first-order chi connectivity index (χ1) is 15.0. The van der Waals surface area contributed by atoms with Gasteiger partial charge in [-0.25, -0.2) is 13.9 Å². The third-order valence-electron chi connectivity index (χ3n) is 7.05. The molecule has 31 heavy (non-hydrogen) atoms. The van der Waals surface area contributed by atoms with Gasteiger partial charge in [0, 0.05) is 49.4 Å². The Bertz CT molecular complexity index is 1300. The summed E-state index contributed by atoms with van der Waals surface area (Å²) in [6.45, 7) is 6.36. The van der Waals surface area contributed by atoms with Crippen LogP contribution in [0.25, 0.3) is 27.7 Å². The van der Waals surface area contributed by atoms with Gasteiger partial charge in [0.25, 0.3) is 0 Å². The van der Waals surface area contributed by atoms with Gasteiger partial charge in [0.2, 0.25) is 0 Å². The zero-order chi connectivity index (χ0) is 21.2. The van der Waals surface area contributed by atoms with Crippen molar-refractivity contribution in [3.63, 3.8) is 0 Å². The lowest BCUT2D eigenvalue weighted by Crippen LogP contribution is -2.58. The lowest BCUT2D eigenvalue weighted by Gasteiger charge is -2.53. The van der Waals surface area contributed by atoms with E-state index in [-0.39, 0.29) is 5.82 Å². The largest absolute Gasteiger partial charge is 0.369 e. The summed E-state index contributed by atoms with van der Waals surface area (Å²) in [6.07, 6.45) is 10.1. The van der Waals surface area contributed by atoms with E-state index in [0.717, 1.165) is 40.9 Å². The molecule has 5 heterocycles. The van der Waals surface area contributed by atoms with Crippen LogP contribution < -0.4 is 4.90 Å². The van der Waals surface area contributed by atoms with Gasteiger partial charge in [-0.15, -0.1) is 0 Å². The van der Waals surface area contributed by atoms with E-state index in [9.17, 15) is 4.39 Å². The average molecular weight is 417 g/mol. The molecule has 3 aromatic heterocycles. The van der Waals surface area contributed by atoms with Crippen LogP contribution in [-0.4, -0.2) is 57.7 Å². The van der Waals surface area contributed by atoms with Gasteiger partial charge < -0.3 is 9.80 Å². The summed E-state index contributed by atoms with van der Waals surface area (Å²) in [4.78, 5) is 13.9. The molecule has 2 aliphatic heterocycles. The predicted molar refractivity (Wildman–Crippen MR) is 120 cm³/mol. The molecule has 0 bridgehead atoms. The highest BCUT2D eigenvalue weighted by Gasteiger charge is 2.43. The molecular formula is C24H25FN6. The number of anilines is 1. The Morgan fingerprint density at radius 1 is 1.03 bits per heavy atom. The number of likely N-dealkylation sites (tertiary alicyclic amines) is 1. The monoisotopic (exact) mass is 416 g/mol. The highest BCUT2D eigenvalue weighted by molar-refractivity contribution is 5.98. The molecule has 2 saturated heterocycles. The number of nitrogens with zero attached hydrogens (tertiary/aromatic N) is 6. The fourth-order valence-electron chi connectivity index (χ4n) is 5.38. The van der Waals surface area contributed by atoms with E-state index in [0.29, 0.717) is 16.5 Å². The van der Waals surface area contributed by atoms with Crippen LogP contribution in [0.15, 0.2) is 43.0 Å². The van der Waals surface area contributed by atoms with Gasteiger partial charge >= 0.3 is 0 Å². The maximum Gasteiger partial charge on any atom is 0.162 e. The molecular weight excluding hydrogens is 391 g/mol. The van der Waals surface area contributed by atoms with Crippen LogP contribution in [0, 0.1) is 18.2 Å². The normalized spacial score (nSPS) is 18.7. The molecule has 1 aromatic carbocycles. The van der Waals surface area contributed by atoms with Crippen molar-refractivity contribution in [1.82, 2.24) is 24.5 Å². The highest BCUT2D eigenvalue weighted by Crippen LogP contribution is 2.40. The molecule has 6 nitrogen and oxygen atoms in total. The first-order valence-corrected chi connectivity index (χ1v) is 10.8. The summed E-state index contributed by atoms with van der Waals surface area (Å²) >= 11 is 0. The van der Waals surface area contributed by atoms with Crippen LogP contribution in [-0.2, 0) is 0 Å². The molecule has 0 atom stereocenters. The zero-order valence-electron chi connectivity index (χ0n) is 17.8. The van der Waals surface area contributed by atoms with Crippen molar-refractivity contribution in [2.75, 3.05) is 38.1 Å². The second-order valence-corrected chi connectivity index (χ2v) is 9.27. The number of piperidine rings is 1. The Kier molecular flexibility index (Phi) is 4.05. The van der Waals surface area contributed by atoms with Crippen LogP contribution >= 0.6 is 0 Å². The lowest BCUT2D eigenvalue weighted by molar-refractivity contribution is 0.00130. The minimum absolute atomic E-state index is 0.239. The third-order valence-corrected chi connectivity index (χ3v) is 7.05. The van der Waals surface area contributed by atoms with Gasteiger partial charge in [-0.3, -0.25) is 4.98 Å². The fraction of sp³-hybridized carbons (Fsp3) is 0.375. The first-order valence-electron chi connectivity index (χ1n) is 10.8. The molecule has 0 saturated carbocycles. The number of aromatic nitrogens is 4. The Morgan fingerprint density at radius 2 is 1.84 bits per heavy atom. The van der Waals surface area contributed by atoms with Crippen LogP contribution in [0.2, 0.25) is 0 Å². The standard InChI is InChI=1S/C24H25FN6/c1-16-9-19-18(3-6-26-22(19)10-21(16)25)20-12-28-31-13-17(11-27-23(20)31)30-7-4-24(5-8-30)14-29(2)15-24/h3,6,9-13H,4-5,7-8,14-15H2,1-2H3. The molecule has 0 unspecified atom stereocenters. The number of halogens is 1. The van der Waals surface area contributed by atoms with Crippen molar-refractivity contribution in [2.45, 2.75) is 19.8 Å². The van der Waals surface area contributed by atoms with E-state index in [1.54, 1.807) is 13.1 Å². The summed E-state index contributed by atoms with van der Waals surface area (Å²) in [5.74, 6) is -0.239. The second kappa shape index (κ2) is 6.72. The van der Waals surface area contributed by atoms with Gasteiger partial charge in [-0.1, -0.05) is 0 Å². The van der Waals surface area contributed by atoms with E-state index in [4.69, 9.17) is 4.98 Å². The van der Waals surface area contributed by atoms with Crippen LogP contribution in [0.3, 0.4) is 0 Å². The van der Waals surface area contributed by atoms with Crippen molar-refractivity contribution in [3.05, 3.63) is 54.4 Å². The van der Waals surface area contributed by atoms with Gasteiger partial charge in [0.15, 0.2) is 5.65 Å². The molecule has 158 valence electrons. The van der Waals surface area contributed by atoms with Crippen molar-refractivity contribution in [1.29, 1.82) is 0 Å². The SMILES string of the molecule is Cc1cc2c(-c3cnn4cc(N5CCC6(CC5)CN(C)C6)cnc34)ccnc2cc1F. The minimum Gasteiger partial charge on any atom is -0.369 e. The number of aryl methyl sites for hydroxylation is 1. The van der Waals surface area contributed by atoms with Crippen molar-refractivity contribution in [3.8, 4) is 11.1 Å². The Morgan fingerprint density at radius 3 is 2.61 bits per heavy atom.